The van der Waals surface area contributed by atoms with E-state index in [1.807, 2.05) is 13.0 Å². The van der Waals surface area contributed by atoms with Crippen molar-refractivity contribution >= 4 is 28.8 Å². The minimum atomic E-state index is -0.775. The predicted molar refractivity (Wildman–Crippen MR) is 125 cm³/mol. The van der Waals surface area contributed by atoms with Crippen LogP contribution in [0.4, 0.5) is 10.1 Å². The first-order chi connectivity index (χ1) is 16.0. The maximum absolute atomic E-state index is 13.8. The number of halogens is 1. The molecule has 0 bridgehead atoms. The Morgan fingerprint density at radius 3 is 2.50 bits per heavy atom. The normalized spacial score (nSPS) is 13.1. The van der Waals surface area contributed by atoms with E-state index in [1.54, 1.807) is 31.1 Å². The number of fused-ring (bicyclic) bond motifs is 1. The van der Waals surface area contributed by atoms with Crippen LogP contribution in [0.1, 0.15) is 16.7 Å². The van der Waals surface area contributed by atoms with Gasteiger partial charge in [0.2, 0.25) is 5.91 Å². The molecule has 10 heteroatoms. The van der Waals surface area contributed by atoms with Crippen LogP contribution in [-0.2, 0) is 22.4 Å². The Balaban J connectivity index is 1.89. The van der Waals surface area contributed by atoms with Crippen LogP contribution in [0.25, 0.3) is 10.9 Å². The average molecular weight is 471 g/mol. The first-order valence-electron chi connectivity index (χ1n) is 10.6. The number of phenolic OH excluding ortho intramolecular Hbond substituents is 1. The molecule has 1 aromatic heterocycles. The summed E-state index contributed by atoms with van der Waals surface area (Å²) >= 11 is 0. The first kappa shape index (κ1) is 24.8. The molecule has 0 saturated heterocycles. The number of aromatic nitrogens is 1. The van der Waals surface area contributed by atoms with E-state index in [0.717, 1.165) is 11.6 Å². The zero-order valence-electron chi connectivity index (χ0n) is 19.4. The quantitative estimate of drug-likeness (QED) is 0.282. The highest BCUT2D eigenvalue weighted by atomic mass is 19.1. The minimum Gasteiger partial charge on any atom is -0.508 e. The summed E-state index contributed by atoms with van der Waals surface area (Å²) in [6.07, 6.45) is 2.55. The van der Waals surface area contributed by atoms with Gasteiger partial charge < -0.3 is 19.8 Å². The number of hydrogen-bond acceptors (Lipinski definition) is 6. The summed E-state index contributed by atoms with van der Waals surface area (Å²) in [5.74, 6) is -1.00. The average Bonchev–Trinajstić information content (AvgIpc) is 3.15. The van der Waals surface area contributed by atoms with Crippen LogP contribution in [-0.4, -0.2) is 70.2 Å². The van der Waals surface area contributed by atoms with Gasteiger partial charge in [0.1, 0.15) is 17.9 Å². The number of carbonyl (C=O) groups is 2. The van der Waals surface area contributed by atoms with Gasteiger partial charge in [-0.05, 0) is 68.8 Å². The number of carbonyl (C=O) groups excluding carboxylic acids is 2. The highest BCUT2D eigenvalue weighted by molar-refractivity contribution is 5.93. The van der Waals surface area contributed by atoms with Crippen molar-refractivity contribution < 1.29 is 24.0 Å². The molecule has 2 unspecified atom stereocenters. The van der Waals surface area contributed by atoms with Gasteiger partial charge in [-0.25, -0.2) is 4.39 Å². The van der Waals surface area contributed by atoms with E-state index in [-0.39, 0.29) is 41.1 Å². The molecule has 3 aromatic rings. The molecule has 1 heterocycles. The van der Waals surface area contributed by atoms with Crippen LogP contribution in [0.15, 0.2) is 36.5 Å². The number of nitrogens with one attached hydrogen (secondary N) is 1. The van der Waals surface area contributed by atoms with Gasteiger partial charge in [0.25, 0.3) is 5.69 Å². The van der Waals surface area contributed by atoms with Crippen molar-refractivity contribution in [3.8, 4) is 5.75 Å². The molecule has 0 radical (unpaired) electrons. The fourth-order valence-electron chi connectivity index (χ4n) is 4.16. The second-order valence-electron chi connectivity index (χ2n) is 8.64. The Hall–Kier alpha value is -3.79. The first-order valence-corrected chi connectivity index (χ1v) is 10.6. The number of aryl methyl sites for hydroxylation is 1. The number of nitro benzene ring substituents is 1. The van der Waals surface area contributed by atoms with Gasteiger partial charge in [0.05, 0.1) is 34.0 Å². The number of rotatable bonds is 9. The maximum atomic E-state index is 13.8. The number of phenols is 1. The van der Waals surface area contributed by atoms with Crippen molar-refractivity contribution in [3.63, 3.8) is 0 Å². The number of nitrogens with zero attached hydrogens (tertiary/aromatic N) is 3. The number of likely N-dealkylation sites (N-methyl/N-ethyl adjacent to an activating group) is 2. The smallest absolute Gasteiger partial charge is 0.281 e. The Kier molecular flexibility index (Phi) is 7.31. The van der Waals surface area contributed by atoms with Crippen LogP contribution in [0.3, 0.4) is 0 Å². The number of aromatic hydroxyl groups is 1. The third kappa shape index (κ3) is 5.23. The highest BCUT2D eigenvalue weighted by Gasteiger charge is 2.31. The van der Waals surface area contributed by atoms with Gasteiger partial charge in [-0.15, -0.1) is 0 Å². The molecule has 2 atom stereocenters. The SMILES string of the molecule is Cc1cc(O)cc(CC(C=O)N(C)C(=O)C(Cc2c[nH]c3cc(F)cc([N+](=O)[O-])c23)N(C)C)c1. The van der Waals surface area contributed by atoms with Crippen molar-refractivity contribution in [2.75, 3.05) is 21.1 Å². The van der Waals surface area contributed by atoms with Gasteiger partial charge in [-0.1, -0.05) is 6.07 Å². The molecule has 3 rings (SSSR count). The van der Waals surface area contributed by atoms with E-state index < -0.39 is 22.8 Å². The topological polar surface area (TPSA) is 120 Å². The van der Waals surface area contributed by atoms with Gasteiger partial charge in [0, 0.05) is 13.2 Å². The fourth-order valence-corrected chi connectivity index (χ4v) is 4.16. The summed E-state index contributed by atoms with van der Waals surface area (Å²) in [7, 11) is 4.93. The van der Waals surface area contributed by atoms with Crippen LogP contribution in [0, 0.1) is 22.9 Å². The summed E-state index contributed by atoms with van der Waals surface area (Å²) in [6.45, 7) is 1.82. The summed E-state index contributed by atoms with van der Waals surface area (Å²) in [4.78, 5) is 42.0. The number of aromatic amines is 1. The highest BCUT2D eigenvalue weighted by Crippen LogP contribution is 2.31. The van der Waals surface area contributed by atoms with Gasteiger partial charge >= 0.3 is 0 Å². The van der Waals surface area contributed by atoms with Crippen LogP contribution < -0.4 is 0 Å². The molecule has 9 nitrogen and oxygen atoms in total. The Morgan fingerprint density at radius 1 is 1.21 bits per heavy atom. The third-order valence-electron chi connectivity index (χ3n) is 5.89. The predicted octanol–water partition coefficient (Wildman–Crippen LogP) is 2.97. The number of amides is 1. The molecule has 1 amide bonds. The largest absolute Gasteiger partial charge is 0.508 e. The lowest BCUT2D eigenvalue weighted by Crippen LogP contribution is -2.50. The number of aldehydes is 1. The summed E-state index contributed by atoms with van der Waals surface area (Å²) in [5.41, 5.74) is 1.93. The van der Waals surface area contributed by atoms with Gasteiger partial charge in [0.15, 0.2) is 0 Å². The zero-order valence-corrected chi connectivity index (χ0v) is 19.4. The van der Waals surface area contributed by atoms with Crippen LogP contribution >= 0.6 is 0 Å². The molecule has 2 N–H and O–H groups in total. The third-order valence-corrected chi connectivity index (χ3v) is 5.89. The van der Waals surface area contributed by atoms with Crippen LogP contribution in [0.5, 0.6) is 5.75 Å². The van der Waals surface area contributed by atoms with E-state index >= 15 is 0 Å². The minimum absolute atomic E-state index is 0.0807. The fraction of sp³-hybridized carbons (Fsp3) is 0.333. The Morgan fingerprint density at radius 2 is 1.91 bits per heavy atom. The number of hydrogen-bond donors (Lipinski definition) is 2. The number of nitro groups is 1. The molecule has 0 aliphatic rings. The van der Waals surface area contributed by atoms with E-state index in [2.05, 4.69) is 4.98 Å². The monoisotopic (exact) mass is 470 g/mol. The molecule has 0 spiro atoms. The van der Waals surface area contributed by atoms with E-state index in [4.69, 9.17) is 0 Å². The van der Waals surface area contributed by atoms with Crippen molar-refractivity contribution in [1.82, 2.24) is 14.8 Å². The van der Waals surface area contributed by atoms with Crippen molar-refractivity contribution in [3.05, 3.63) is 69.2 Å². The van der Waals surface area contributed by atoms with Gasteiger partial charge in [-0.3, -0.25) is 19.8 Å². The molecule has 2 aromatic carbocycles. The molecule has 0 aliphatic carbocycles. The summed E-state index contributed by atoms with van der Waals surface area (Å²) in [5, 5.41) is 21.6. The van der Waals surface area contributed by atoms with E-state index in [9.17, 15) is 29.2 Å². The molecule has 0 aliphatic heterocycles. The van der Waals surface area contributed by atoms with Crippen molar-refractivity contribution in [2.45, 2.75) is 31.8 Å². The molecule has 0 saturated carbocycles. The second-order valence-corrected chi connectivity index (χ2v) is 8.64. The number of H-pyrrole nitrogens is 1. The molecular formula is C24H27FN4O5. The molecule has 180 valence electrons. The maximum Gasteiger partial charge on any atom is 0.281 e. The molecule has 34 heavy (non-hydrogen) atoms. The summed E-state index contributed by atoms with van der Waals surface area (Å²) < 4.78 is 13.8. The van der Waals surface area contributed by atoms with Crippen LogP contribution in [0.2, 0.25) is 0 Å². The van der Waals surface area contributed by atoms with E-state index in [1.165, 1.54) is 24.2 Å². The number of non-ortho nitro benzene ring substituents is 1. The molecular weight excluding hydrogens is 443 g/mol. The number of benzene rings is 2. The van der Waals surface area contributed by atoms with Crippen molar-refractivity contribution in [1.29, 1.82) is 0 Å². The standard InChI is InChI=1S/C24H27FN4O5/c1-14-5-15(8-19(31)6-14)7-18(13-30)28(4)24(32)22(27(2)3)9-16-12-26-20-10-17(25)11-21(23(16)20)29(33)34/h5-6,8,10-13,18,22,26,31H,7,9H2,1-4H3. The van der Waals surface area contributed by atoms with Crippen molar-refractivity contribution in [2.24, 2.45) is 0 Å². The zero-order chi connectivity index (χ0) is 25.2. The van der Waals surface area contributed by atoms with Gasteiger partial charge in [-0.2, -0.15) is 0 Å². The Labute approximate surface area is 195 Å². The lowest BCUT2D eigenvalue weighted by Gasteiger charge is -2.31. The van der Waals surface area contributed by atoms with E-state index in [0.29, 0.717) is 17.4 Å². The molecule has 0 fully saturated rings. The lowest BCUT2D eigenvalue weighted by atomic mass is 9.99. The Bertz CT molecular complexity index is 1220. The summed E-state index contributed by atoms with van der Waals surface area (Å²) in [6, 6.07) is 5.51. The second kappa shape index (κ2) is 10.0. The lowest BCUT2D eigenvalue weighted by molar-refractivity contribution is -0.383.